The molecule has 1 aromatic heterocycles. The van der Waals surface area contributed by atoms with Gasteiger partial charge in [-0.25, -0.2) is 4.79 Å². The number of ketones is 1. The Kier molecular flexibility index (Phi) is 5.43. The van der Waals surface area contributed by atoms with Crippen LogP contribution in [0.15, 0.2) is 69.2 Å². The first-order valence-electron chi connectivity index (χ1n) is 11.7. The summed E-state index contributed by atoms with van der Waals surface area (Å²) in [5.74, 6) is -0.0398. The van der Waals surface area contributed by atoms with Gasteiger partial charge in [0, 0.05) is 29.0 Å². The lowest BCUT2D eigenvalue weighted by atomic mass is 9.76. The van der Waals surface area contributed by atoms with Crippen LogP contribution in [0, 0.1) is 0 Å². The number of rotatable bonds is 5. The highest BCUT2D eigenvalue weighted by Crippen LogP contribution is 2.54. The highest BCUT2D eigenvalue weighted by atomic mass is 16.5. The predicted octanol–water partition coefficient (Wildman–Crippen LogP) is 5.90. The number of fused-ring (bicyclic) bond motifs is 2. The van der Waals surface area contributed by atoms with Crippen LogP contribution in [0.5, 0.6) is 5.75 Å². The van der Waals surface area contributed by atoms with E-state index in [1.807, 2.05) is 56.3 Å². The van der Waals surface area contributed by atoms with Gasteiger partial charge in [0.15, 0.2) is 11.5 Å². The summed E-state index contributed by atoms with van der Waals surface area (Å²) in [6, 6.07) is 7.77. The largest absolute Gasteiger partial charge is 0.504 e. The molecule has 0 radical (unpaired) electrons. The number of allylic oxidation sites excluding steroid dienone is 6. The summed E-state index contributed by atoms with van der Waals surface area (Å²) < 4.78 is 11.8. The Balaban J connectivity index is 1.71. The van der Waals surface area contributed by atoms with E-state index in [9.17, 15) is 14.7 Å². The first-order valence-corrected chi connectivity index (χ1v) is 11.7. The van der Waals surface area contributed by atoms with Crippen LogP contribution in [0.2, 0.25) is 0 Å². The zero-order valence-electron chi connectivity index (χ0n) is 19.9. The van der Waals surface area contributed by atoms with E-state index < -0.39 is 5.92 Å². The van der Waals surface area contributed by atoms with E-state index in [0.717, 1.165) is 33.4 Å². The molecule has 2 unspecified atom stereocenters. The number of carbonyl (C=O) groups excluding carboxylic acids is 2. The molecule has 5 nitrogen and oxygen atoms in total. The van der Waals surface area contributed by atoms with Crippen molar-refractivity contribution < 1.29 is 23.8 Å². The van der Waals surface area contributed by atoms with Crippen molar-refractivity contribution in [1.82, 2.24) is 0 Å². The molecule has 1 N–H and O–H groups in total. The fourth-order valence-electron chi connectivity index (χ4n) is 5.75. The molecule has 174 valence electrons. The molecule has 1 aromatic carbocycles. The van der Waals surface area contributed by atoms with E-state index in [-0.39, 0.29) is 30.0 Å². The molecule has 3 aliphatic carbocycles. The Bertz CT molecular complexity index is 1340. The number of hydrogen-bond donors (Lipinski definition) is 1. The van der Waals surface area contributed by atoms with Gasteiger partial charge in [-0.05, 0) is 50.8 Å². The minimum atomic E-state index is -0.434. The lowest BCUT2D eigenvalue weighted by Crippen LogP contribution is -2.22. The van der Waals surface area contributed by atoms with Crippen molar-refractivity contribution in [2.24, 2.45) is 0 Å². The number of esters is 1. The Labute approximate surface area is 199 Å². The first-order chi connectivity index (χ1) is 16.3. The van der Waals surface area contributed by atoms with Crippen LogP contribution in [-0.4, -0.2) is 23.5 Å². The summed E-state index contributed by atoms with van der Waals surface area (Å²) in [7, 11) is 0. The second kappa shape index (κ2) is 8.32. The SMILES string of the molecule is CCOC(=O)C1=C(C)Cc2oc(C3=C(C)C(C(C)=O)c4ccccc43)c(O)c2C1C1=CC=CC1. The van der Waals surface area contributed by atoms with Crippen LogP contribution in [-0.2, 0) is 20.7 Å². The van der Waals surface area contributed by atoms with Crippen LogP contribution in [0.25, 0.3) is 5.57 Å². The smallest absolute Gasteiger partial charge is 0.334 e. The predicted molar refractivity (Wildman–Crippen MR) is 130 cm³/mol. The Hall–Kier alpha value is -3.60. The average Bonchev–Trinajstić information content (AvgIpc) is 3.49. The third kappa shape index (κ3) is 3.22. The van der Waals surface area contributed by atoms with Crippen molar-refractivity contribution in [2.45, 2.75) is 52.4 Å². The topological polar surface area (TPSA) is 76.7 Å². The Morgan fingerprint density at radius 2 is 1.97 bits per heavy atom. The molecule has 5 heteroatoms. The molecule has 1 heterocycles. The Morgan fingerprint density at radius 3 is 2.65 bits per heavy atom. The van der Waals surface area contributed by atoms with E-state index in [0.29, 0.717) is 35.5 Å². The van der Waals surface area contributed by atoms with Gasteiger partial charge in [-0.1, -0.05) is 53.6 Å². The zero-order chi connectivity index (χ0) is 24.1. The summed E-state index contributed by atoms with van der Waals surface area (Å²) in [5.41, 5.74) is 6.55. The van der Waals surface area contributed by atoms with Crippen molar-refractivity contribution in [3.05, 3.63) is 93.0 Å². The molecule has 2 aromatic rings. The van der Waals surface area contributed by atoms with Gasteiger partial charge in [-0.2, -0.15) is 0 Å². The summed E-state index contributed by atoms with van der Waals surface area (Å²) in [5, 5.41) is 11.6. The number of hydrogen-bond acceptors (Lipinski definition) is 5. The van der Waals surface area contributed by atoms with Gasteiger partial charge in [-0.15, -0.1) is 0 Å². The summed E-state index contributed by atoms with van der Waals surface area (Å²) in [6.07, 6.45) is 7.11. The lowest BCUT2D eigenvalue weighted by molar-refractivity contribution is -0.138. The molecule has 0 aliphatic heterocycles. The van der Waals surface area contributed by atoms with Crippen molar-refractivity contribution in [3.8, 4) is 5.75 Å². The summed E-state index contributed by atoms with van der Waals surface area (Å²) >= 11 is 0. The van der Waals surface area contributed by atoms with Crippen molar-refractivity contribution in [1.29, 1.82) is 0 Å². The van der Waals surface area contributed by atoms with Crippen molar-refractivity contribution in [2.75, 3.05) is 6.61 Å². The molecule has 0 fully saturated rings. The molecule has 0 saturated carbocycles. The van der Waals surface area contributed by atoms with Crippen LogP contribution in [0.3, 0.4) is 0 Å². The molecular formula is C29H28O5. The molecule has 0 amide bonds. The minimum Gasteiger partial charge on any atom is -0.504 e. The number of Topliss-reactive ketones (excluding diaryl/α,β-unsaturated/α-hetero) is 1. The van der Waals surface area contributed by atoms with Gasteiger partial charge < -0.3 is 14.3 Å². The molecule has 0 saturated heterocycles. The normalized spacial score (nSPS) is 21.0. The number of carbonyl (C=O) groups is 2. The fourth-order valence-corrected chi connectivity index (χ4v) is 5.75. The van der Waals surface area contributed by atoms with E-state index >= 15 is 0 Å². The number of furan rings is 1. The Morgan fingerprint density at radius 1 is 1.21 bits per heavy atom. The lowest BCUT2D eigenvalue weighted by Gasteiger charge is -2.27. The fraction of sp³-hybridized carbons (Fsp3) is 0.310. The van der Waals surface area contributed by atoms with Gasteiger partial charge in [0.25, 0.3) is 0 Å². The molecule has 34 heavy (non-hydrogen) atoms. The molecule has 0 bridgehead atoms. The standard InChI is InChI=1S/C29H28O5/c1-5-33-29(32)22-15(2)14-21-26(25(22)18-10-6-7-11-18)27(31)28(34-21)24-16(3)23(17(4)30)19-12-8-9-13-20(19)24/h6-10,12-13,23,25,31H,5,11,14H2,1-4H3. The molecule has 0 spiro atoms. The third-order valence-electron chi connectivity index (χ3n) is 7.13. The van der Waals surface area contributed by atoms with Crippen LogP contribution in [0.4, 0.5) is 0 Å². The average molecular weight is 457 g/mol. The first kappa shape index (κ1) is 22.2. The number of aromatic hydroxyl groups is 1. The van der Waals surface area contributed by atoms with Gasteiger partial charge in [0.2, 0.25) is 0 Å². The quantitative estimate of drug-likeness (QED) is 0.567. The molecule has 3 aliphatic rings. The summed E-state index contributed by atoms with van der Waals surface area (Å²) in [4.78, 5) is 25.5. The second-order valence-electron chi connectivity index (χ2n) is 9.20. The maximum absolute atomic E-state index is 13.0. The van der Waals surface area contributed by atoms with Gasteiger partial charge in [0.05, 0.1) is 12.5 Å². The maximum atomic E-state index is 13.0. The third-order valence-corrected chi connectivity index (χ3v) is 7.13. The van der Waals surface area contributed by atoms with Crippen LogP contribution < -0.4 is 0 Å². The van der Waals surface area contributed by atoms with Gasteiger partial charge in [0.1, 0.15) is 11.5 Å². The molecule has 2 atom stereocenters. The van der Waals surface area contributed by atoms with Gasteiger partial charge in [-0.3, -0.25) is 4.79 Å². The van der Waals surface area contributed by atoms with Crippen molar-refractivity contribution in [3.63, 3.8) is 0 Å². The zero-order valence-corrected chi connectivity index (χ0v) is 19.9. The van der Waals surface area contributed by atoms with Crippen molar-refractivity contribution >= 4 is 17.3 Å². The highest BCUT2D eigenvalue weighted by Gasteiger charge is 2.42. The minimum absolute atomic E-state index is 0.0375. The van der Waals surface area contributed by atoms with Crippen LogP contribution in [0.1, 0.15) is 74.2 Å². The van der Waals surface area contributed by atoms with Crippen LogP contribution >= 0.6 is 0 Å². The molecular weight excluding hydrogens is 428 g/mol. The highest BCUT2D eigenvalue weighted by molar-refractivity contribution is 6.00. The maximum Gasteiger partial charge on any atom is 0.334 e. The van der Waals surface area contributed by atoms with E-state index in [1.165, 1.54) is 0 Å². The number of ether oxygens (including phenoxy) is 1. The van der Waals surface area contributed by atoms with E-state index in [1.54, 1.807) is 13.8 Å². The molecule has 5 rings (SSSR count). The second-order valence-corrected chi connectivity index (χ2v) is 9.20. The van der Waals surface area contributed by atoms with Gasteiger partial charge >= 0.3 is 5.97 Å². The van der Waals surface area contributed by atoms with E-state index in [4.69, 9.17) is 9.15 Å². The monoisotopic (exact) mass is 456 g/mol. The number of benzene rings is 1. The summed E-state index contributed by atoms with van der Waals surface area (Å²) in [6.45, 7) is 7.52. The van der Waals surface area contributed by atoms with E-state index in [2.05, 4.69) is 0 Å².